The highest BCUT2D eigenvalue weighted by molar-refractivity contribution is 7.09. The molecule has 2 heterocycles. The number of aromatic carboxylic acids is 1. The second-order valence-electron chi connectivity index (χ2n) is 3.78. The third-order valence-electron chi connectivity index (χ3n) is 2.66. The molecule has 0 saturated carbocycles. The predicted octanol–water partition coefficient (Wildman–Crippen LogP) is 2.24. The molecule has 5 nitrogen and oxygen atoms in total. The molecular formula is C12H9N3O2S. The van der Waals surface area contributed by atoms with Gasteiger partial charge in [0.25, 0.3) is 0 Å². The van der Waals surface area contributed by atoms with Gasteiger partial charge in [-0.1, -0.05) is 6.07 Å². The molecule has 0 radical (unpaired) electrons. The van der Waals surface area contributed by atoms with Crippen molar-refractivity contribution >= 4 is 28.3 Å². The summed E-state index contributed by atoms with van der Waals surface area (Å²) < 4.78 is 1.82. The maximum atomic E-state index is 11.2. The molecule has 0 amide bonds. The maximum Gasteiger partial charge on any atom is 0.337 e. The van der Waals surface area contributed by atoms with E-state index in [4.69, 9.17) is 0 Å². The number of thiazole rings is 1. The van der Waals surface area contributed by atoms with Crippen LogP contribution in [0.15, 0.2) is 36.1 Å². The first-order valence-electron chi connectivity index (χ1n) is 5.31. The lowest BCUT2D eigenvalue weighted by Gasteiger charge is -2.04. The SMILES string of the molecule is O=C(O)c1cccc2ncn(Cc3nccs3)c12. The average molecular weight is 259 g/mol. The second kappa shape index (κ2) is 4.23. The molecular weight excluding hydrogens is 250 g/mol. The second-order valence-corrected chi connectivity index (χ2v) is 4.76. The van der Waals surface area contributed by atoms with Crippen molar-refractivity contribution in [1.29, 1.82) is 0 Å². The number of para-hydroxylation sites is 1. The van der Waals surface area contributed by atoms with Crippen molar-refractivity contribution in [3.63, 3.8) is 0 Å². The summed E-state index contributed by atoms with van der Waals surface area (Å²) in [7, 11) is 0. The van der Waals surface area contributed by atoms with Crippen LogP contribution in [0.2, 0.25) is 0 Å². The topological polar surface area (TPSA) is 68.0 Å². The first-order chi connectivity index (χ1) is 8.75. The van der Waals surface area contributed by atoms with Crippen LogP contribution in [0.5, 0.6) is 0 Å². The first kappa shape index (κ1) is 10.9. The molecule has 18 heavy (non-hydrogen) atoms. The van der Waals surface area contributed by atoms with E-state index in [1.165, 1.54) is 11.3 Å². The van der Waals surface area contributed by atoms with Crippen LogP contribution in [0.3, 0.4) is 0 Å². The minimum Gasteiger partial charge on any atom is -0.478 e. The third kappa shape index (κ3) is 1.76. The van der Waals surface area contributed by atoms with Gasteiger partial charge in [-0.15, -0.1) is 11.3 Å². The van der Waals surface area contributed by atoms with Crippen molar-refractivity contribution in [3.8, 4) is 0 Å². The molecule has 0 fully saturated rings. The van der Waals surface area contributed by atoms with E-state index in [0.29, 0.717) is 17.6 Å². The number of hydrogen-bond acceptors (Lipinski definition) is 4. The number of nitrogens with zero attached hydrogens (tertiary/aromatic N) is 3. The normalized spacial score (nSPS) is 10.9. The molecule has 6 heteroatoms. The molecule has 0 aliphatic carbocycles. The number of carboxylic acid groups (broad SMARTS) is 1. The first-order valence-corrected chi connectivity index (χ1v) is 6.19. The third-order valence-corrected chi connectivity index (χ3v) is 3.42. The quantitative estimate of drug-likeness (QED) is 0.783. The molecule has 0 atom stereocenters. The Morgan fingerprint density at radius 2 is 2.28 bits per heavy atom. The molecule has 1 aromatic carbocycles. The Labute approximate surface area is 106 Å². The van der Waals surface area contributed by atoms with Gasteiger partial charge in [0, 0.05) is 11.6 Å². The summed E-state index contributed by atoms with van der Waals surface area (Å²) in [5.74, 6) is -0.943. The molecule has 1 N–H and O–H groups in total. The van der Waals surface area contributed by atoms with E-state index in [1.807, 2.05) is 9.95 Å². The summed E-state index contributed by atoms with van der Waals surface area (Å²) >= 11 is 1.54. The Balaban J connectivity index is 2.15. The van der Waals surface area contributed by atoms with Gasteiger partial charge >= 0.3 is 5.97 Å². The van der Waals surface area contributed by atoms with Crippen LogP contribution < -0.4 is 0 Å². The average Bonchev–Trinajstić information content (AvgIpc) is 2.99. The van der Waals surface area contributed by atoms with Gasteiger partial charge in [-0.2, -0.15) is 0 Å². The Kier molecular flexibility index (Phi) is 2.56. The van der Waals surface area contributed by atoms with E-state index in [2.05, 4.69) is 9.97 Å². The lowest BCUT2D eigenvalue weighted by atomic mass is 10.2. The molecule has 0 saturated heterocycles. The van der Waals surface area contributed by atoms with Crippen LogP contribution in [-0.2, 0) is 6.54 Å². The maximum absolute atomic E-state index is 11.2. The molecule has 0 unspecified atom stereocenters. The van der Waals surface area contributed by atoms with Crippen molar-refractivity contribution in [2.24, 2.45) is 0 Å². The molecule has 2 aromatic heterocycles. The predicted molar refractivity (Wildman–Crippen MR) is 67.9 cm³/mol. The van der Waals surface area contributed by atoms with Gasteiger partial charge < -0.3 is 9.67 Å². The number of aromatic nitrogens is 3. The zero-order chi connectivity index (χ0) is 12.5. The summed E-state index contributed by atoms with van der Waals surface area (Å²) in [5, 5.41) is 12.0. The molecule has 3 rings (SSSR count). The Morgan fingerprint density at radius 1 is 1.39 bits per heavy atom. The van der Waals surface area contributed by atoms with Crippen LogP contribution in [0.4, 0.5) is 0 Å². The van der Waals surface area contributed by atoms with Crippen LogP contribution in [0.25, 0.3) is 11.0 Å². The zero-order valence-electron chi connectivity index (χ0n) is 9.28. The van der Waals surface area contributed by atoms with Crippen molar-refractivity contribution in [2.75, 3.05) is 0 Å². The fourth-order valence-electron chi connectivity index (χ4n) is 1.90. The molecule has 0 aliphatic heterocycles. The fourth-order valence-corrected chi connectivity index (χ4v) is 2.51. The van der Waals surface area contributed by atoms with Gasteiger partial charge in [0.05, 0.1) is 29.5 Å². The lowest BCUT2D eigenvalue weighted by Crippen LogP contribution is -2.03. The summed E-state index contributed by atoms with van der Waals surface area (Å²) in [6.07, 6.45) is 3.38. The molecule has 0 aliphatic rings. The number of imidazole rings is 1. The van der Waals surface area contributed by atoms with Crippen LogP contribution in [0.1, 0.15) is 15.4 Å². The van der Waals surface area contributed by atoms with E-state index in [0.717, 1.165) is 5.01 Å². The highest BCUT2D eigenvalue weighted by atomic mass is 32.1. The smallest absolute Gasteiger partial charge is 0.337 e. The number of rotatable bonds is 3. The van der Waals surface area contributed by atoms with Gasteiger partial charge in [-0.05, 0) is 12.1 Å². The standard InChI is InChI=1S/C12H9N3O2S/c16-12(17)8-2-1-3-9-11(8)15(7-14-9)6-10-13-4-5-18-10/h1-5,7H,6H2,(H,16,17). The minimum atomic E-state index is -0.943. The van der Waals surface area contributed by atoms with E-state index in [9.17, 15) is 9.90 Å². The van der Waals surface area contributed by atoms with Gasteiger partial charge in [0.1, 0.15) is 5.01 Å². The van der Waals surface area contributed by atoms with Gasteiger partial charge in [0.15, 0.2) is 0 Å². The van der Waals surface area contributed by atoms with Crippen molar-refractivity contribution in [2.45, 2.75) is 6.54 Å². The van der Waals surface area contributed by atoms with E-state index < -0.39 is 5.97 Å². The zero-order valence-corrected chi connectivity index (χ0v) is 10.1. The summed E-state index contributed by atoms with van der Waals surface area (Å²) in [4.78, 5) is 19.6. The van der Waals surface area contributed by atoms with Crippen molar-refractivity contribution in [1.82, 2.24) is 14.5 Å². The number of carboxylic acids is 1. The van der Waals surface area contributed by atoms with Crippen LogP contribution in [-0.4, -0.2) is 25.6 Å². The number of benzene rings is 1. The monoisotopic (exact) mass is 259 g/mol. The Hall–Kier alpha value is -2.21. The van der Waals surface area contributed by atoms with Crippen LogP contribution >= 0.6 is 11.3 Å². The highest BCUT2D eigenvalue weighted by Gasteiger charge is 2.13. The number of hydrogen-bond donors (Lipinski definition) is 1. The molecule has 90 valence electrons. The molecule has 0 bridgehead atoms. The number of carbonyl (C=O) groups is 1. The van der Waals surface area contributed by atoms with E-state index in [-0.39, 0.29) is 5.56 Å². The van der Waals surface area contributed by atoms with Crippen molar-refractivity contribution in [3.05, 3.63) is 46.7 Å². The van der Waals surface area contributed by atoms with Crippen LogP contribution in [0, 0.1) is 0 Å². The number of fused-ring (bicyclic) bond motifs is 1. The fraction of sp³-hybridized carbons (Fsp3) is 0.0833. The van der Waals surface area contributed by atoms with E-state index in [1.54, 1.807) is 30.7 Å². The highest BCUT2D eigenvalue weighted by Crippen LogP contribution is 2.19. The van der Waals surface area contributed by atoms with Gasteiger partial charge in [-0.25, -0.2) is 14.8 Å². The van der Waals surface area contributed by atoms with Gasteiger partial charge in [0.2, 0.25) is 0 Å². The molecule has 3 aromatic rings. The van der Waals surface area contributed by atoms with Crippen molar-refractivity contribution < 1.29 is 9.90 Å². The van der Waals surface area contributed by atoms with E-state index >= 15 is 0 Å². The Morgan fingerprint density at radius 3 is 3.00 bits per heavy atom. The van der Waals surface area contributed by atoms with Gasteiger partial charge in [-0.3, -0.25) is 0 Å². The summed E-state index contributed by atoms with van der Waals surface area (Å²) in [5.41, 5.74) is 1.59. The largest absolute Gasteiger partial charge is 0.478 e. The minimum absolute atomic E-state index is 0.265. The lowest BCUT2D eigenvalue weighted by molar-refractivity contribution is 0.0698. The summed E-state index contributed by atoms with van der Waals surface area (Å²) in [6.45, 7) is 0.540. The Bertz CT molecular complexity index is 703. The molecule has 0 spiro atoms. The summed E-state index contributed by atoms with van der Waals surface area (Å²) in [6, 6.07) is 5.09.